The van der Waals surface area contributed by atoms with Crippen LogP contribution in [0.5, 0.6) is 0 Å². The van der Waals surface area contributed by atoms with Gasteiger partial charge in [-0.3, -0.25) is 0 Å². The van der Waals surface area contributed by atoms with Crippen LogP contribution >= 0.6 is 15.9 Å². The number of fused-ring (bicyclic) bond motifs is 6. The first-order valence-corrected chi connectivity index (χ1v) is 10.4. The Morgan fingerprint density at radius 3 is 1.93 bits per heavy atom. The second-order valence-corrected chi connectivity index (χ2v) is 8.71. The number of hydrogen-bond acceptors (Lipinski definition) is 0. The summed E-state index contributed by atoms with van der Waals surface area (Å²) in [5, 5.41) is 2.53. The number of rotatable bonds is 1. The van der Waals surface area contributed by atoms with Crippen molar-refractivity contribution in [2.24, 2.45) is 0 Å². The molecule has 2 heteroatoms. The normalized spacial score (nSPS) is 14.4. The van der Waals surface area contributed by atoms with Crippen LogP contribution in [0.3, 0.4) is 0 Å². The number of nitrogens with one attached hydrogen (secondary N) is 1. The monoisotopic (exact) mass is 423 g/mol. The summed E-state index contributed by atoms with van der Waals surface area (Å²) in [6.07, 6.45) is 0. The van der Waals surface area contributed by atoms with E-state index in [4.69, 9.17) is 0 Å². The van der Waals surface area contributed by atoms with Gasteiger partial charge in [0.05, 0.1) is 0 Å². The molecule has 1 heterocycles. The third kappa shape index (κ3) is 2.01. The van der Waals surface area contributed by atoms with Crippen LogP contribution in [0.1, 0.15) is 23.6 Å². The number of aromatic nitrogens is 1. The van der Waals surface area contributed by atoms with Crippen molar-refractivity contribution in [2.75, 3.05) is 0 Å². The molecule has 0 radical (unpaired) electrons. The SMILES string of the molecule is CC1(c2ccc3[nH]c4ccc(Br)cc4c3c2)c2ccccc2-c2ccccc21. The van der Waals surface area contributed by atoms with Gasteiger partial charge in [-0.15, -0.1) is 0 Å². The van der Waals surface area contributed by atoms with Gasteiger partial charge >= 0.3 is 0 Å². The first-order chi connectivity index (χ1) is 13.7. The Morgan fingerprint density at radius 1 is 0.679 bits per heavy atom. The van der Waals surface area contributed by atoms with Crippen molar-refractivity contribution in [3.8, 4) is 11.1 Å². The molecule has 28 heavy (non-hydrogen) atoms. The summed E-state index contributed by atoms with van der Waals surface area (Å²) in [5.41, 5.74) is 9.00. The average Bonchev–Trinajstić information content (AvgIpc) is 3.22. The summed E-state index contributed by atoms with van der Waals surface area (Å²) in [5.74, 6) is 0. The Labute approximate surface area is 172 Å². The highest BCUT2D eigenvalue weighted by molar-refractivity contribution is 9.10. The van der Waals surface area contributed by atoms with Crippen LogP contribution in [0.2, 0.25) is 0 Å². The van der Waals surface area contributed by atoms with Crippen LogP contribution in [0, 0.1) is 0 Å². The maximum atomic E-state index is 3.63. The molecule has 0 amide bonds. The van der Waals surface area contributed by atoms with Gasteiger partial charge in [-0.25, -0.2) is 0 Å². The minimum atomic E-state index is -0.156. The zero-order valence-corrected chi connectivity index (χ0v) is 17.0. The van der Waals surface area contributed by atoms with Crippen molar-refractivity contribution in [1.29, 1.82) is 0 Å². The molecule has 134 valence electrons. The molecule has 4 aromatic carbocycles. The molecule has 6 rings (SSSR count). The van der Waals surface area contributed by atoms with E-state index in [1.807, 2.05) is 0 Å². The fourth-order valence-corrected chi connectivity index (χ4v) is 5.31. The average molecular weight is 424 g/mol. The molecule has 0 spiro atoms. The van der Waals surface area contributed by atoms with Gasteiger partial charge in [0.25, 0.3) is 0 Å². The van der Waals surface area contributed by atoms with Gasteiger partial charge in [0.1, 0.15) is 0 Å². The van der Waals surface area contributed by atoms with Gasteiger partial charge in [-0.05, 0) is 65.1 Å². The van der Waals surface area contributed by atoms with E-state index in [9.17, 15) is 0 Å². The van der Waals surface area contributed by atoms with Crippen LogP contribution in [-0.2, 0) is 5.41 Å². The lowest BCUT2D eigenvalue weighted by Crippen LogP contribution is -2.22. The molecule has 1 aliphatic rings. The number of H-pyrrole nitrogens is 1. The molecule has 0 saturated heterocycles. The fraction of sp³-hybridized carbons (Fsp3) is 0.0769. The van der Waals surface area contributed by atoms with Crippen LogP contribution in [0.15, 0.2) is 89.4 Å². The third-order valence-electron chi connectivity index (χ3n) is 6.36. The Bertz CT molecular complexity index is 1350. The van der Waals surface area contributed by atoms with E-state index < -0.39 is 0 Å². The molecule has 5 aromatic rings. The lowest BCUT2D eigenvalue weighted by Gasteiger charge is -2.28. The van der Waals surface area contributed by atoms with Gasteiger partial charge < -0.3 is 4.98 Å². The fourth-order valence-electron chi connectivity index (χ4n) is 4.94. The maximum absolute atomic E-state index is 3.63. The van der Waals surface area contributed by atoms with E-state index in [2.05, 4.69) is 113 Å². The minimum absolute atomic E-state index is 0.156. The second-order valence-electron chi connectivity index (χ2n) is 7.79. The first-order valence-electron chi connectivity index (χ1n) is 9.57. The number of aromatic amines is 1. The molecule has 1 N–H and O–H groups in total. The van der Waals surface area contributed by atoms with Gasteiger partial charge in [0, 0.05) is 31.7 Å². The van der Waals surface area contributed by atoms with Crippen molar-refractivity contribution < 1.29 is 0 Å². The number of benzene rings is 4. The van der Waals surface area contributed by atoms with E-state index in [-0.39, 0.29) is 5.41 Å². The molecular formula is C26H18BrN. The highest BCUT2D eigenvalue weighted by atomic mass is 79.9. The summed E-state index contributed by atoms with van der Waals surface area (Å²) >= 11 is 3.63. The predicted molar refractivity (Wildman–Crippen MR) is 121 cm³/mol. The second kappa shape index (κ2) is 5.59. The molecule has 1 aliphatic carbocycles. The van der Waals surface area contributed by atoms with Gasteiger partial charge in [-0.1, -0.05) is 70.5 Å². The van der Waals surface area contributed by atoms with Crippen molar-refractivity contribution in [1.82, 2.24) is 4.98 Å². The molecule has 0 unspecified atom stereocenters. The largest absolute Gasteiger partial charge is 0.355 e. The zero-order valence-electron chi connectivity index (χ0n) is 15.5. The molecule has 0 aliphatic heterocycles. The van der Waals surface area contributed by atoms with Crippen LogP contribution in [0.4, 0.5) is 0 Å². The van der Waals surface area contributed by atoms with E-state index >= 15 is 0 Å². The minimum Gasteiger partial charge on any atom is -0.355 e. The highest BCUT2D eigenvalue weighted by Crippen LogP contribution is 2.52. The zero-order chi connectivity index (χ0) is 18.9. The quantitative estimate of drug-likeness (QED) is 0.288. The van der Waals surface area contributed by atoms with E-state index in [0.29, 0.717) is 0 Å². The summed E-state index contributed by atoms with van der Waals surface area (Å²) in [6.45, 7) is 2.36. The van der Waals surface area contributed by atoms with E-state index in [1.165, 1.54) is 49.6 Å². The predicted octanol–water partition coefficient (Wildman–Crippen LogP) is 7.42. The van der Waals surface area contributed by atoms with Crippen LogP contribution < -0.4 is 0 Å². The van der Waals surface area contributed by atoms with Gasteiger partial charge in [-0.2, -0.15) is 0 Å². The van der Waals surface area contributed by atoms with Crippen molar-refractivity contribution in [2.45, 2.75) is 12.3 Å². The standard InChI is InChI=1S/C26H18BrN/c1-26(22-8-4-2-6-18(22)19-7-3-5-9-23(19)26)16-10-12-24-20(14-16)21-15-17(27)11-13-25(21)28-24/h2-15,28H,1H3. The van der Waals surface area contributed by atoms with Crippen molar-refractivity contribution in [3.05, 3.63) is 106 Å². The lowest BCUT2D eigenvalue weighted by molar-refractivity contribution is 0.715. The molecule has 0 saturated carbocycles. The Kier molecular flexibility index (Phi) is 3.22. The Balaban J connectivity index is 1.69. The Morgan fingerprint density at radius 2 is 1.25 bits per heavy atom. The molecule has 0 bridgehead atoms. The smallest absolute Gasteiger partial charge is 0.0465 e. The molecular weight excluding hydrogens is 406 g/mol. The van der Waals surface area contributed by atoms with Crippen molar-refractivity contribution in [3.63, 3.8) is 0 Å². The summed E-state index contributed by atoms with van der Waals surface area (Å²) in [6, 6.07) is 31.0. The molecule has 1 nitrogen and oxygen atoms in total. The molecule has 1 aromatic heterocycles. The maximum Gasteiger partial charge on any atom is 0.0465 e. The Hall–Kier alpha value is -2.84. The highest BCUT2D eigenvalue weighted by Gasteiger charge is 2.40. The molecule has 0 fully saturated rings. The van der Waals surface area contributed by atoms with Gasteiger partial charge in [0.2, 0.25) is 0 Å². The van der Waals surface area contributed by atoms with Crippen LogP contribution in [0.25, 0.3) is 32.9 Å². The van der Waals surface area contributed by atoms with Crippen LogP contribution in [-0.4, -0.2) is 4.98 Å². The van der Waals surface area contributed by atoms with Crippen molar-refractivity contribution >= 4 is 37.7 Å². The summed E-state index contributed by atoms with van der Waals surface area (Å²) in [4.78, 5) is 3.55. The van der Waals surface area contributed by atoms with E-state index in [0.717, 1.165) is 4.47 Å². The third-order valence-corrected chi connectivity index (χ3v) is 6.85. The number of hydrogen-bond donors (Lipinski definition) is 1. The first kappa shape index (κ1) is 16.1. The molecule has 0 atom stereocenters. The number of halogens is 1. The summed E-state index contributed by atoms with van der Waals surface area (Å²) < 4.78 is 1.11. The lowest BCUT2D eigenvalue weighted by atomic mass is 9.74. The van der Waals surface area contributed by atoms with Gasteiger partial charge in [0.15, 0.2) is 0 Å². The summed E-state index contributed by atoms with van der Waals surface area (Å²) in [7, 11) is 0. The topological polar surface area (TPSA) is 15.8 Å². The van der Waals surface area contributed by atoms with E-state index in [1.54, 1.807) is 0 Å².